The van der Waals surface area contributed by atoms with E-state index in [1.54, 1.807) is 0 Å². The van der Waals surface area contributed by atoms with Gasteiger partial charge in [0.15, 0.2) is 0 Å². The summed E-state index contributed by atoms with van der Waals surface area (Å²) in [5.41, 5.74) is 11.5. The molecule has 0 aliphatic carbocycles. The molecule has 1 aromatic carbocycles. The average molecular weight is 251 g/mol. The van der Waals surface area contributed by atoms with Crippen LogP contribution in [0, 0.1) is 0 Å². The average Bonchev–Trinajstić information content (AvgIpc) is 2.81. The lowest BCUT2D eigenvalue weighted by atomic mass is 10.1. The summed E-state index contributed by atoms with van der Waals surface area (Å²) in [5.74, 6) is 0. The highest BCUT2D eigenvalue weighted by Gasteiger charge is 2.10. The Morgan fingerprint density at radius 2 is 2.21 bits per heavy atom. The van der Waals surface area contributed by atoms with Gasteiger partial charge in [0.05, 0.1) is 0 Å². The van der Waals surface area contributed by atoms with Crippen molar-refractivity contribution >= 4 is 22.3 Å². The molecule has 1 aliphatic rings. The first-order valence-electron chi connectivity index (χ1n) is 6.58. The number of benzene rings is 1. The number of aromatic nitrogens is 1. The standard InChI is InChI=1S/C16H17N3/c1-3-15-13-8-5-9-16-14(13)10-12(17-16)7-4-6-11(2)18-19-15/h5,8-10,17,19H,1,4,6-7H2,2H3/b18-11+. The third-order valence-electron chi connectivity index (χ3n) is 3.51. The van der Waals surface area contributed by atoms with E-state index in [1.165, 1.54) is 11.1 Å². The maximum absolute atomic E-state index is 4.41. The second-order valence-corrected chi connectivity index (χ2v) is 4.93. The molecule has 0 spiro atoms. The minimum atomic E-state index is 0.831. The molecule has 0 saturated carbocycles. The Kier molecular flexibility index (Phi) is 2.98. The number of aryl methyl sites for hydroxylation is 1. The van der Waals surface area contributed by atoms with E-state index in [0.717, 1.165) is 41.8 Å². The Morgan fingerprint density at radius 1 is 1.32 bits per heavy atom. The van der Waals surface area contributed by atoms with E-state index in [2.05, 4.69) is 46.0 Å². The topological polar surface area (TPSA) is 40.2 Å². The molecule has 96 valence electrons. The molecular weight excluding hydrogens is 234 g/mol. The SMILES string of the molecule is C=C=C1N/N=C(\C)CCCc2cc3c1cccc3[nH]2. The smallest absolute Gasteiger partial charge is 0.105 e. The van der Waals surface area contributed by atoms with E-state index in [9.17, 15) is 0 Å². The molecule has 0 fully saturated rings. The van der Waals surface area contributed by atoms with E-state index in [1.807, 2.05) is 13.0 Å². The van der Waals surface area contributed by atoms with Crippen molar-refractivity contribution in [3.8, 4) is 0 Å². The van der Waals surface area contributed by atoms with E-state index >= 15 is 0 Å². The van der Waals surface area contributed by atoms with E-state index < -0.39 is 0 Å². The minimum Gasteiger partial charge on any atom is -0.358 e. The predicted octanol–water partition coefficient (Wildman–Crippen LogP) is 3.60. The summed E-state index contributed by atoms with van der Waals surface area (Å²) < 4.78 is 0. The molecule has 3 heteroatoms. The Labute approximate surface area is 112 Å². The molecule has 2 bridgehead atoms. The third-order valence-corrected chi connectivity index (χ3v) is 3.51. The Hall–Kier alpha value is -2.25. The Bertz CT molecular complexity index is 700. The number of hydrazone groups is 1. The molecule has 1 aromatic heterocycles. The van der Waals surface area contributed by atoms with Crippen LogP contribution in [0.1, 0.15) is 31.0 Å². The van der Waals surface area contributed by atoms with Gasteiger partial charge in [0, 0.05) is 27.9 Å². The maximum atomic E-state index is 4.41. The number of aromatic amines is 1. The highest BCUT2D eigenvalue weighted by molar-refractivity contribution is 5.92. The summed E-state index contributed by atoms with van der Waals surface area (Å²) in [6, 6.07) is 8.44. The van der Waals surface area contributed by atoms with Crippen LogP contribution < -0.4 is 5.43 Å². The number of H-pyrrole nitrogens is 1. The summed E-state index contributed by atoms with van der Waals surface area (Å²) in [4.78, 5) is 3.48. The van der Waals surface area contributed by atoms with Crippen LogP contribution in [-0.4, -0.2) is 10.7 Å². The minimum absolute atomic E-state index is 0.831. The van der Waals surface area contributed by atoms with E-state index in [0.29, 0.717) is 0 Å². The summed E-state index contributed by atoms with van der Waals surface area (Å²) in [6.45, 7) is 5.81. The molecule has 19 heavy (non-hydrogen) atoms. The van der Waals surface area contributed by atoms with Crippen LogP contribution in [0.25, 0.3) is 16.6 Å². The fourth-order valence-electron chi connectivity index (χ4n) is 2.50. The van der Waals surface area contributed by atoms with Gasteiger partial charge in [-0.1, -0.05) is 18.7 Å². The first-order chi connectivity index (χ1) is 9.28. The first-order valence-corrected chi connectivity index (χ1v) is 6.58. The van der Waals surface area contributed by atoms with Gasteiger partial charge in [-0.2, -0.15) is 5.10 Å². The normalized spacial score (nSPS) is 18.4. The monoisotopic (exact) mass is 251 g/mol. The van der Waals surface area contributed by atoms with Gasteiger partial charge >= 0.3 is 0 Å². The number of rotatable bonds is 0. The van der Waals surface area contributed by atoms with Crippen LogP contribution in [0.4, 0.5) is 0 Å². The quantitative estimate of drug-likeness (QED) is 0.690. The van der Waals surface area contributed by atoms with Gasteiger partial charge in [-0.3, -0.25) is 5.43 Å². The summed E-state index contributed by atoms with van der Waals surface area (Å²) in [5, 5.41) is 5.61. The largest absolute Gasteiger partial charge is 0.358 e. The molecule has 0 saturated heterocycles. The lowest BCUT2D eigenvalue weighted by Gasteiger charge is -2.07. The molecule has 3 nitrogen and oxygen atoms in total. The van der Waals surface area contributed by atoms with Crippen LogP contribution in [0.15, 0.2) is 41.7 Å². The van der Waals surface area contributed by atoms with Gasteiger partial charge < -0.3 is 4.98 Å². The number of hydrogen-bond donors (Lipinski definition) is 2. The fraction of sp³-hybridized carbons (Fsp3) is 0.250. The second kappa shape index (κ2) is 4.79. The van der Waals surface area contributed by atoms with Gasteiger partial charge in [0.2, 0.25) is 0 Å². The second-order valence-electron chi connectivity index (χ2n) is 4.93. The molecule has 0 unspecified atom stereocenters. The van der Waals surface area contributed by atoms with Crippen molar-refractivity contribution < 1.29 is 0 Å². The number of nitrogens with zero attached hydrogens (tertiary/aromatic N) is 1. The number of nitrogens with one attached hydrogen (secondary N) is 2. The van der Waals surface area contributed by atoms with Crippen LogP contribution in [0.2, 0.25) is 0 Å². The zero-order valence-electron chi connectivity index (χ0n) is 11.1. The van der Waals surface area contributed by atoms with Gasteiger partial charge in [0.25, 0.3) is 0 Å². The number of hydrogen-bond acceptors (Lipinski definition) is 2. The van der Waals surface area contributed by atoms with Crippen LogP contribution in [-0.2, 0) is 6.42 Å². The third kappa shape index (κ3) is 2.20. The van der Waals surface area contributed by atoms with Crippen molar-refractivity contribution in [1.82, 2.24) is 10.4 Å². The van der Waals surface area contributed by atoms with Crippen LogP contribution >= 0.6 is 0 Å². The Balaban J connectivity index is 2.21. The van der Waals surface area contributed by atoms with Crippen LogP contribution in [0.3, 0.4) is 0 Å². The summed E-state index contributed by atoms with van der Waals surface area (Å²) in [7, 11) is 0. The van der Waals surface area contributed by atoms with Gasteiger partial charge in [-0.25, -0.2) is 0 Å². The van der Waals surface area contributed by atoms with Crippen molar-refractivity contribution in [2.45, 2.75) is 26.2 Å². The van der Waals surface area contributed by atoms with Crippen LogP contribution in [0.5, 0.6) is 0 Å². The highest BCUT2D eigenvalue weighted by Crippen LogP contribution is 2.25. The molecule has 0 radical (unpaired) electrons. The number of fused-ring (bicyclic) bond motifs is 1. The lowest BCUT2D eigenvalue weighted by Crippen LogP contribution is -2.07. The van der Waals surface area contributed by atoms with Crippen molar-refractivity contribution in [1.29, 1.82) is 0 Å². The molecule has 1 aliphatic heterocycles. The van der Waals surface area contributed by atoms with E-state index in [4.69, 9.17) is 0 Å². The fourth-order valence-corrected chi connectivity index (χ4v) is 2.50. The molecular formula is C16H17N3. The van der Waals surface area contributed by atoms with Crippen molar-refractivity contribution in [3.05, 3.63) is 47.8 Å². The predicted molar refractivity (Wildman–Crippen MR) is 80.0 cm³/mol. The van der Waals surface area contributed by atoms with E-state index in [-0.39, 0.29) is 0 Å². The first kappa shape index (κ1) is 11.8. The van der Waals surface area contributed by atoms with Crippen molar-refractivity contribution in [3.63, 3.8) is 0 Å². The highest BCUT2D eigenvalue weighted by atomic mass is 15.3. The Morgan fingerprint density at radius 3 is 3.05 bits per heavy atom. The molecule has 2 heterocycles. The molecule has 2 aromatic rings. The maximum Gasteiger partial charge on any atom is 0.105 e. The zero-order chi connectivity index (χ0) is 13.2. The molecule has 0 amide bonds. The van der Waals surface area contributed by atoms with Gasteiger partial charge in [-0.05, 0) is 38.3 Å². The summed E-state index contributed by atoms with van der Waals surface area (Å²) in [6.07, 6.45) is 3.15. The van der Waals surface area contributed by atoms with Gasteiger partial charge in [-0.15, -0.1) is 5.73 Å². The van der Waals surface area contributed by atoms with Gasteiger partial charge in [0.1, 0.15) is 5.70 Å². The van der Waals surface area contributed by atoms with Crippen molar-refractivity contribution in [2.24, 2.45) is 5.10 Å². The zero-order valence-corrected chi connectivity index (χ0v) is 11.1. The van der Waals surface area contributed by atoms with Crippen molar-refractivity contribution in [2.75, 3.05) is 0 Å². The molecule has 2 N–H and O–H groups in total. The molecule has 3 rings (SSSR count). The lowest BCUT2D eigenvalue weighted by molar-refractivity contribution is 0.834. The molecule has 0 atom stereocenters. The summed E-state index contributed by atoms with van der Waals surface area (Å²) >= 11 is 0.